The monoisotopic (exact) mass is 292 g/mol. The number of hydrogen-bond acceptors (Lipinski definition) is 3. The molecule has 1 aromatic carbocycles. The summed E-state index contributed by atoms with van der Waals surface area (Å²) in [4.78, 5) is 14.3. The first-order valence-electron chi connectivity index (χ1n) is 6.87. The number of benzene rings is 1. The molecule has 4 nitrogen and oxygen atoms in total. The summed E-state index contributed by atoms with van der Waals surface area (Å²) >= 11 is 6.36. The molecule has 3 rings (SSSR count). The van der Waals surface area contributed by atoms with Gasteiger partial charge in [-0.1, -0.05) is 11.6 Å². The van der Waals surface area contributed by atoms with Crippen molar-refractivity contribution in [3.63, 3.8) is 0 Å². The van der Waals surface area contributed by atoms with Crippen LogP contribution in [-0.4, -0.2) is 17.1 Å². The van der Waals surface area contributed by atoms with Gasteiger partial charge in [0.05, 0.1) is 11.1 Å². The molecular weight excluding hydrogens is 276 g/mol. The highest BCUT2D eigenvalue weighted by Crippen LogP contribution is 2.33. The number of hydrogen-bond donors (Lipinski definition) is 2. The summed E-state index contributed by atoms with van der Waals surface area (Å²) in [5.74, 6) is 0.644. The van der Waals surface area contributed by atoms with E-state index in [-0.39, 0.29) is 11.7 Å². The number of aromatic nitrogens is 1. The van der Waals surface area contributed by atoms with Crippen LogP contribution in [0.5, 0.6) is 5.75 Å². The zero-order chi connectivity index (χ0) is 14.1. The summed E-state index contributed by atoms with van der Waals surface area (Å²) in [6.45, 7) is 0. The number of nitrogens with two attached hydrogens (primary N) is 1. The van der Waals surface area contributed by atoms with Gasteiger partial charge in [0.15, 0.2) is 0 Å². The summed E-state index contributed by atoms with van der Waals surface area (Å²) in [6, 6.07) is 5.61. The van der Waals surface area contributed by atoms with Gasteiger partial charge in [-0.2, -0.15) is 0 Å². The zero-order valence-corrected chi connectivity index (χ0v) is 11.8. The lowest BCUT2D eigenvalue weighted by Gasteiger charge is -2.27. The average Bonchev–Trinajstić information content (AvgIpc) is 2.45. The molecule has 5 heteroatoms. The van der Waals surface area contributed by atoms with Crippen LogP contribution < -0.4 is 16.0 Å². The lowest BCUT2D eigenvalue weighted by molar-refractivity contribution is 0.147. The molecule has 20 heavy (non-hydrogen) atoms. The summed E-state index contributed by atoms with van der Waals surface area (Å²) in [6.07, 6.45) is 5.62. The van der Waals surface area contributed by atoms with Crippen molar-refractivity contribution in [3.8, 4) is 5.75 Å². The predicted octanol–water partition coefficient (Wildman–Crippen LogP) is 2.83. The van der Waals surface area contributed by atoms with Gasteiger partial charge in [0.25, 0.3) is 5.56 Å². The third-order valence-electron chi connectivity index (χ3n) is 3.87. The first kappa shape index (κ1) is 13.5. The number of ether oxygens (including phenoxy) is 1. The van der Waals surface area contributed by atoms with E-state index in [0.717, 1.165) is 31.1 Å². The molecule has 0 radical (unpaired) electrons. The van der Waals surface area contributed by atoms with E-state index in [9.17, 15) is 4.79 Å². The van der Waals surface area contributed by atoms with Gasteiger partial charge in [-0.3, -0.25) is 4.79 Å². The highest BCUT2D eigenvalue weighted by atomic mass is 35.5. The Bertz CT molecular complexity index is 675. The minimum Gasteiger partial charge on any atom is -0.489 e. The van der Waals surface area contributed by atoms with Crippen molar-refractivity contribution in [2.75, 3.05) is 0 Å². The fourth-order valence-corrected chi connectivity index (χ4v) is 2.96. The molecule has 106 valence electrons. The van der Waals surface area contributed by atoms with E-state index in [4.69, 9.17) is 22.1 Å². The van der Waals surface area contributed by atoms with Crippen LogP contribution in [0.4, 0.5) is 0 Å². The van der Waals surface area contributed by atoms with Crippen LogP contribution in [0.3, 0.4) is 0 Å². The molecule has 0 unspecified atom stereocenters. The lowest BCUT2D eigenvalue weighted by Crippen LogP contribution is -2.31. The van der Waals surface area contributed by atoms with E-state index in [1.807, 2.05) is 0 Å². The normalized spacial score (nSPS) is 22.9. The van der Waals surface area contributed by atoms with Crippen molar-refractivity contribution < 1.29 is 4.74 Å². The van der Waals surface area contributed by atoms with Gasteiger partial charge < -0.3 is 15.5 Å². The van der Waals surface area contributed by atoms with Crippen molar-refractivity contribution in [2.45, 2.75) is 37.8 Å². The van der Waals surface area contributed by atoms with Gasteiger partial charge in [0.2, 0.25) is 0 Å². The van der Waals surface area contributed by atoms with Crippen LogP contribution in [0, 0.1) is 0 Å². The topological polar surface area (TPSA) is 68.1 Å². The van der Waals surface area contributed by atoms with Crippen LogP contribution in [0.15, 0.2) is 29.2 Å². The quantitative estimate of drug-likeness (QED) is 0.894. The second kappa shape index (κ2) is 5.46. The maximum atomic E-state index is 11.7. The Hall–Kier alpha value is -1.52. The highest BCUT2D eigenvalue weighted by Gasteiger charge is 2.21. The highest BCUT2D eigenvalue weighted by molar-refractivity contribution is 6.37. The SMILES string of the molecule is NC1CCC(Oc2ccc3c(=O)[nH]ccc3c2Cl)CC1. The maximum absolute atomic E-state index is 11.7. The number of pyridine rings is 1. The Morgan fingerprint density at radius 2 is 1.90 bits per heavy atom. The third-order valence-corrected chi connectivity index (χ3v) is 4.26. The van der Waals surface area contributed by atoms with Gasteiger partial charge >= 0.3 is 0 Å². The van der Waals surface area contributed by atoms with Gasteiger partial charge in [0.1, 0.15) is 5.75 Å². The van der Waals surface area contributed by atoms with Crippen molar-refractivity contribution >= 4 is 22.4 Å². The number of H-pyrrole nitrogens is 1. The number of halogens is 1. The van der Waals surface area contributed by atoms with Crippen molar-refractivity contribution in [3.05, 3.63) is 39.8 Å². The van der Waals surface area contributed by atoms with Crippen LogP contribution >= 0.6 is 11.6 Å². The summed E-state index contributed by atoms with van der Waals surface area (Å²) in [5.41, 5.74) is 5.75. The van der Waals surface area contributed by atoms with Crippen LogP contribution in [-0.2, 0) is 0 Å². The van der Waals surface area contributed by atoms with Gasteiger partial charge in [-0.05, 0) is 43.9 Å². The summed E-state index contributed by atoms with van der Waals surface area (Å²) < 4.78 is 5.98. The minimum absolute atomic E-state index is 0.139. The Balaban J connectivity index is 1.89. The Kier molecular flexibility index (Phi) is 3.68. The zero-order valence-electron chi connectivity index (χ0n) is 11.1. The van der Waals surface area contributed by atoms with Crippen LogP contribution in [0.1, 0.15) is 25.7 Å². The molecule has 1 saturated carbocycles. The molecule has 0 amide bonds. The fourth-order valence-electron chi connectivity index (χ4n) is 2.69. The fraction of sp³-hybridized carbons (Fsp3) is 0.400. The first-order chi connectivity index (χ1) is 9.65. The summed E-state index contributed by atoms with van der Waals surface area (Å²) in [5, 5.41) is 1.81. The number of rotatable bonds is 2. The van der Waals surface area contributed by atoms with Crippen LogP contribution in [0.25, 0.3) is 10.8 Å². The smallest absolute Gasteiger partial charge is 0.255 e. The molecule has 1 aliphatic carbocycles. The molecule has 0 saturated heterocycles. The molecule has 1 heterocycles. The standard InChI is InChI=1S/C15H17ClN2O2/c16-14-11-7-8-18-15(19)12(11)5-6-13(14)20-10-3-1-9(17)2-4-10/h5-10H,1-4,17H2,(H,18,19). The second-order valence-electron chi connectivity index (χ2n) is 5.30. The number of fused-ring (bicyclic) bond motifs is 1. The molecule has 2 aromatic rings. The predicted molar refractivity (Wildman–Crippen MR) is 80.4 cm³/mol. The van der Waals surface area contributed by atoms with Crippen molar-refractivity contribution in [1.82, 2.24) is 4.98 Å². The van der Waals surface area contributed by atoms with E-state index < -0.39 is 0 Å². The third kappa shape index (κ3) is 2.53. The largest absolute Gasteiger partial charge is 0.489 e. The molecule has 3 N–H and O–H groups in total. The average molecular weight is 293 g/mol. The van der Waals surface area contributed by atoms with E-state index in [0.29, 0.717) is 22.2 Å². The second-order valence-corrected chi connectivity index (χ2v) is 5.68. The van der Waals surface area contributed by atoms with Gasteiger partial charge in [-0.15, -0.1) is 0 Å². The molecule has 0 bridgehead atoms. The van der Waals surface area contributed by atoms with Crippen molar-refractivity contribution in [1.29, 1.82) is 0 Å². The van der Waals surface area contributed by atoms with E-state index in [2.05, 4.69) is 4.98 Å². The van der Waals surface area contributed by atoms with E-state index in [1.54, 1.807) is 24.4 Å². The molecular formula is C15H17ClN2O2. The lowest BCUT2D eigenvalue weighted by atomic mass is 9.94. The van der Waals surface area contributed by atoms with Gasteiger partial charge in [-0.25, -0.2) is 0 Å². The molecule has 0 atom stereocenters. The van der Waals surface area contributed by atoms with E-state index in [1.165, 1.54) is 0 Å². The molecule has 0 spiro atoms. The Labute approximate surface area is 121 Å². The Morgan fingerprint density at radius 1 is 1.15 bits per heavy atom. The number of nitrogens with one attached hydrogen (secondary N) is 1. The maximum Gasteiger partial charge on any atom is 0.255 e. The van der Waals surface area contributed by atoms with E-state index >= 15 is 0 Å². The Morgan fingerprint density at radius 3 is 2.65 bits per heavy atom. The number of aromatic amines is 1. The van der Waals surface area contributed by atoms with Crippen LogP contribution in [0.2, 0.25) is 5.02 Å². The summed E-state index contributed by atoms with van der Waals surface area (Å²) in [7, 11) is 0. The first-order valence-corrected chi connectivity index (χ1v) is 7.25. The molecule has 1 fully saturated rings. The van der Waals surface area contributed by atoms with Crippen molar-refractivity contribution in [2.24, 2.45) is 5.73 Å². The molecule has 1 aliphatic rings. The van der Waals surface area contributed by atoms with Gasteiger partial charge in [0, 0.05) is 23.0 Å². The molecule has 1 aromatic heterocycles. The molecule has 0 aliphatic heterocycles. The minimum atomic E-state index is -0.139.